The number of aromatic nitrogens is 2. The number of aryl methyl sites for hydroxylation is 2. The van der Waals surface area contributed by atoms with Gasteiger partial charge in [-0.25, -0.2) is 9.97 Å². The van der Waals surface area contributed by atoms with Crippen molar-refractivity contribution >= 4 is 22.9 Å². The molecule has 0 aliphatic heterocycles. The largest absolute Gasteiger partial charge is 0.483 e. The number of ether oxygens (including phenoxy) is 1. The van der Waals surface area contributed by atoms with Gasteiger partial charge in [0.2, 0.25) is 0 Å². The minimum atomic E-state index is -0.172. The summed E-state index contributed by atoms with van der Waals surface area (Å²) in [6.07, 6.45) is 6.86. The molecular formula is C29H30N4O2S. The van der Waals surface area contributed by atoms with E-state index in [-0.39, 0.29) is 18.6 Å². The molecule has 2 aromatic heterocycles. The predicted molar refractivity (Wildman–Crippen MR) is 144 cm³/mol. The Balaban J connectivity index is 1.31. The monoisotopic (exact) mass is 498 g/mol. The minimum absolute atomic E-state index is 0.0601. The average Bonchev–Trinajstić information content (AvgIpc) is 3.60. The van der Waals surface area contributed by atoms with Crippen molar-refractivity contribution < 1.29 is 9.53 Å². The summed E-state index contributed by atoms with van der Waals surface area (Å²) in [6.45, 7) is 2.79. The van der Waals surface area contributed by atoms with Gasteiger partial charge in [-0.15, -0.1) is 11.3 Å². The van der Waals surface area contributed by atoms with E-state index in [1.807, 2.05) is 18.2 Å². The topological polar surface area (TPSA) is 67.3 Å². The van der Waals surface area contributed by atoms with E-state index >= 15 is 0 Å². The second-order valence-corrected chi connectivity index (χ2v) is 10.2. The SMILES string of the molecule is C[C@H](c1cccs1)N(C)Cc1cc(-c2ncccn2)ccc1OCC(=O)Nc1ccc2c(c1)CCC2. The van der Waals surface area contributed by atoms with Crippen LogP contribution in [-0.4, -0.2) is 34.4 Å². The number of hydrogen-bond acceptors (Lipinski definition) is 6. The Bertz CT molecular complexity index is 1320. The molecule has 0 bridgehead atoms. The van der Waals surface area contributed by atoms with Gasteiger partial charge in [0, 0.05) is 46.7 Å². The second-order valence-electron chi connectivity index (χ2n) is 9.18. The first kappa shape index (κ1) is 24.2. The van der Waals surface area contributed by atoms with Gasteiger partial charge in [0.25, 0.3) is 5.91 Å². The quantitative estimate of drug-likeness (QED) is 0.311. The fourth-order valence-electron chi connectivity index (χ4n) is 4.57. The lowest BCUT2D eigenvalue weighted by Crippen LogP contribution is -2.23. The maximum absolute atomic E-state index is 12.7. The third-order valence-corrected chi connectivity index (χ3v) is 7.70. The molecule has 0 radical (unpaired) electrons. The van der Waals surface area contributed by atoms with Crippen molar-refractivity contribution in [1.29, 1.82) is 0 Å². The first-order valence-corrected chi connectivity index (χ1v) is 13.1. The molecule has 4 aromatic rings. The van der Waals surface area contributed by atoms with Crippen molar-refractivity contribution in [3.05, 3.63) is 93.9 Å². The van der Waals surface area contributed by atoms with Crippen molar-refractivity contribution in [3.8, 4) is 17.1 Å². The Kier molecular flexibility index (Phi) is 7.39. The molecule has 0 saturated heterocycles. The highest BCUT2D eigenvalue weighted by molar-refractivity contribution is 7.10. The molecule has 5 rings (SSSR count). The lowest BCUT2D eigenvalue weighted by molar-refractivity contribution is -0.118. The van der Waals surface area contributed by atoms with Gasteiger partial charge in [0.05, 0.1) is 0 Å². The van der Waals surface area contributed by atoms with Crippen molar-refractivity contribution in [3.63, 3.8) is 0 Å². The zero-order valence-corrected chi connectivity index (χ0v) is 21.4. The van der Waals surface area contributed by atoms with Crippen LogP contribution in [0.5, 0.6) is 5.75 Å². The Morgan fingerprint density at radius 3 is 2.72 bits per heavy atom. The number of thiophene rings is 1. The average molecular weight is 499 g/mol. The molecular weight excluding hydrogens is 468 g/mol. The van der Waals surface area contributed by atoms with Gasteiger partial charge >= 0.3 is 0 Å². The van der Waals surface area contributed by atoms with Gasteiger partial charge < -0.3 is 10.1 Å². The summed E-state index contributed by atoms with van der Waals surface area (Å²) in [5.41, 5.74) is 5.44. The number of benzene rings is 2. The lowest BCUT2D eigenvalue weighted by Gasteiger charge is -2.25. The van der Waals surface area contributed by atoms with E-state index in [2.05, 4.69) is 69.9 Å². The van der Waals surface area contributed by atoms with E-state index in [1.54, 1.807) is 29.8 Å². The lowest BCUT2D eigenvalue weighted by atomic mass is 10.1. The van der Waals surface area contributed by atoms with E-state index in [9.17, 15) is 4.79 Å². The summed E-state index contributed by atoms with van der Waals surface area (Å²) >= 11 is 1.75. The second kappa shape index (κ2) is 11.0. The van der Waals surface area contributed by atoms with Crippen LogP contribution in [0.1, 0.15) is 41.0 Å². The van der Waals surface area contributed by atoms with Crippen LogP contribution in [0, 0.1) is 0 Å². The molecule has 0 unspecified atom stereocenters. The molecule has 1 atom stereocenters. The molecule has 2 heterocycles. The zero-order chi connectivity index (χ0) is 24.9. The summed E-state index contributed by atoms with van der Waals surface area (Å²) in [4.78, 5) is 25.1. The Morgan fingerprint density at radius 2 is 1.92 bits per heavy atom. The van der Waals surface area contributed by atoms with Crippen LogP contribution >= 0.6 is 11.3 Å². The number of nitrogens with zero attached hydrogens (tertiary/aromatic N) is 3. The highest BCUT2D eigenvalue weighted by atomic mass is 32.1. The molecule has 0 fully saturated rings. The van der Waals surface area contributed by atoms with Crippen molar-refractivity contribution in [2.45, 2.75) is 38.8 Å². The van der Waals surface area contributed by atoms with Crippen molar-refractivity contribution in [2.24, 2.45) is 0 Å². The van der Waals surface area contributed by atoms with E-state index in [0.29, 0.717) is 18.1 Å². The summed E-state index contributed by atoms with van der Waals surface area (Å²) in [5.74, 6) is 1.17. The summed E-state index contributed by atoms with van der Waals surface area (Å²) in [7, 11) is 2.10. The molecule has 7 heteroatoms. The predicted octanol–water partition coefficient (Wildman–Crippen LogP) is 5.90. The van der Waals surface area contributed by atoms with Gasteiger partial charge in [0.15, 0.2) is 12.4 Å². The van der Waals surface area contributed by atoms with E-state index in [1.165, 1.54) is 22.4 Å². The maximum atomic E-state index is 12.7. The normalized spacial score (nSPS) is 13.4. The van der Waals surface area contributed by atoms with Crippen LogP contribution in [0.3, 0.4) is 0 Å². The summed E-state index contributed by atoms with van der Waals surface area (Å²) < 4.78 is 6.05. The van der Waals surface area contributed by atoms with Crippen LogP contribution in [-0.2, 0) is 24.2 Å². The molecule has 0 saturated carbocycles. The molecule has 1 aliphatic rings. The van der Waals surface area contributed by atoms with E-state index < -0.39 is 0 Å². The van der Waals surface area contributed by atoms with Gasteiger partial charge in [-0.2, -0.15) is 0 Å². The number of carbonyl (C=O) groups is 1. The molecule has 2 aromatic carbocycles. The molecule has 1 aliphatic carbocycles. The van der Waals surface area contributed by atoms with Crippen LogP contribution in [0.25, 0.3) is 11.4 Å². The fraction of sp³-hybridized carbons (Fsp3) is 0.276. The fourth-order valence-corrected chi connectivity index (χ4v) is 5.42. The van der Waals surface area contributed by atoms with Gasteiger partial charge in [0.1, 0.15) is 5.75 Å². The number of rotatable bonds is 9. The number of nitrogens with one attached hydrogen (secondary N) is 1. The number of anilines is 1. The molecule has 0 spiro atoms. The van der Waals surface area contributed by atoms with Crippen LogP contribution in [0.4, 0.5) is 5.69 Å². The third kappa shape index (κ3) is 5.64. The molecule has 1 N–H and O–H groups in total. The number of hydrogen-bond donors (Lipinski definition) is 1. The third-order valence-electron chi connectivity index (χ3n) is 6.66. The zero-order valence-electron chi connectivity index (χ0n) is 20.6. The molecule has 1 amide bonds. The molecule has 36 heavy (non-hydrogen) atoms. The molecule has 6 nitrogen and oxygen atoms in total. The summed E-state index contributed by atoms with van der Waals surface area (Å²) in [6, 6.07) is 18.4. The Morgan fingerprint density at radius 1 is 1.08 bits per heavy atom. The van der Waals surface area contributed by atoms with Crippen LogP contribution in [0.2, 0.25) is 0 Å². The number of fused-ring (bicyclic) bond motifs is 1. The standard InChI is InChI=1S/C29H30N4O2S/c1-20(27-8-4-15-36-27)33(2)18-24-16-23(29-30-13-5-14-31-29)10-12-26(24)35-19-28(34)32-25-11-9-21-6-3-7-22(21)17-25/h4-5,8-17,20H,3,6-7,18-19H2,1-2H3,(H,32,34)/t20-/m1/s1. The number of carbonyl (C=O) groups excluding carboxylic acids is 1. The van der Waals surface area contributed by atoms with Crippen LogP contribution < -0.4 is 10.1 Å². The Labute approximate surface area is 216 Å². The van der Waals surface area contributed by atoms with Gasteiger partial charge in [-0.05, 0) is 92.2 Å². The number of amides is 1. The van der Waals surface area contributed by atoms with E-state index in [0.717, 1.165) is 29.7 Å². The minimum Gasteiger partial charge on any atom is -0.483 e. The highest BCUT2D eigenvalue weighted by Gasteiger charge is 2.17. The molecule has 184 valence electrons. The highest BCUT2D eigenvalue weighted by Crippen LogP contribution is 2.30. The van der Waals surface area contributed by atoms with Gasteiger partial charge in [-0.1, -0.05) is 12.1 Å². The van der Waals surface area contributed by atoms with Gasteiger partial charge in [-0.3, -0.25) is 9.69 Å². The first-order chi connectivity index (χ1) is 17.6. The van der Waals surface area contributed by atoms with Crippen LogP contribution in [0.15, 0.2) is 72.4 Å². The first-order valence-electron chi connectivity index (χ1n) is 12.3. The Hall–Kier alpha value is -3.55. The van der Waals surface area contributed by atoms with Crippen molar-refractivity contribution in [2.75, 3.05) is 19.0 Å². The summed E-state index contributed by atoms with van der Waals surface area (Å²) in [5, 5.41) is 5.08. The smallest absolute Gasteiger partial charge is 0.262 e. The van der Waals surface area contributed by atoms with Crippen molar-refractivity contribution in [1.82, 2.24) is 14.9 Å². The maximum Gasteiger partial charge on any atom is 0.262 e. The van der Waals surface area contributed by atoms with E-state index in [4.69, 9.17) is 4.74 Å².